The fourth-order valence-corrected chi connectivity index (χ4v) is 5.63. The van der Waals surface area contributed by atoms with Crippen LogP contribution in [0.4, 0.5) is 5.82 Å². The van der Waals surface area contributed by atoms with Crippen LogP contribution in [0.1, 0.15) is 29.5 Å². The Morgan fingerprint density at radius 3 is 2.40 bits per heavy atom. The average Bonchev–Trinajstić information content (AvgIpc) is 3.18. The molecule has 162 valence electrons. The second kappa shape index (κ2) is 8.97. The zero-order valence-corrected chi connectivity index (χ0v) is 18.0. The number of piperidine rings is 1. The van der Waals surface area contributed by atoms with Crippen LogP contribution in [0.25, 0.3) is 0 Å². The number of esters is 1. The van der Waals surface area contributed by atoms with E-state index in [-0.39, 0.29) is 18.9 Å². The predicted molar refractivity (Wildman–Crippen MR) is 108 cm³/mol. The van der Waals surface area contributed by atoms with Crippen molar-refractivity contribution in [3.63, 3.8) is 0 Å². The average molecular weight is 436 g/mol. The van der Waals surface area contributed by atoms with Crippen molar-refractivity contribution in [2.45, 2.75) is 38.5 Å². The van der Waals surface area contributed by atoms with E-state index in [1.807, 2.05) is 19.1 Å². The number of nitrogens with one attached hydrogen (secondary N) is 1. The summed E-state index contributed by atoms with van der Waals surface area (Å²) in [5, 5.41) is 5.97. The number of aromatic nitrogens is 1. The molecule has 0 radical (unpaired) electrons. The van der Waals surface area contributed by atoms with Gasteiger partial charge in [-0.05, 0) is 44.7 Å². The van der Waals surface area contributed by atoms with E-state index in [9.17, 15) is 18.0 Å². The van der Waals surface area contributed by atoms with Crippen molar-refractivity contribution in [2.75, 3.05) is 25.0 Å². The Morgan fingerprint density at radius 2 is 1.83 bits per heavy atom. The summed E-state index contributed by atoms with van der Waals surface area (Å²) in [5.74, 6) is -1.25. The van der Waals surface area contributed by atoms with E-state index in [1.165, 1.54) is 16.6 Å². The van der Waals surface area contributed by atoms with E-state index in [1.54, 1.807) is 13.8 Å². The van der Waals surface area contributed by atoms with Crippen LogP contribution in [0, 0.1) is 26.7 Å². The highest BCUT2D eigenvalue weighted by Gasteiger charge is 2.34. The van der Waals surface area contributed by atoms with E-state index in [0.717, 1.165) is 5.56 Å². The maximum Gasteiger partial charge on any atom is 0.309 e. The van der Waals surface area contributed by atoms with Crippen LogP contribution >= 0.6 is 0 Å². The number of benzene rings is 1. The van der Waals surface area contributed by atoms with E-state index in [4.69, 9.17) is 4.74 Å². The molecule has 30 heavy (non-hydrogen) atoms. The van der Waals surface area contributed by atoms with Gasteiger partial charge in [0.1, 0.15) is 6.26 Å². The summed E-state index contributed by atoms with van der Waals surface area (Å²) in [6, 6.07) is 5.18. The number of aryl methyl sites for hydroxylation is 3. The molecule has 2 aromatic rings. The first kappa shape index (κ1) is 22.0. The summed E-state index contributed by atoms with van der Waals surface area (Å²) >= 11 is 0. The van der Waals surface area contributed by atoms with Gasteiger partial charge in [0.25, 0.3) is 5.91 Å². The highest BCUT2D eigenvalue weighted by molar-refractivity contribution is 7.89. The van der Waals surface area contributed by atoms with Gasteiger partial charge in [-0.1, -0.05) is 22.9 Å². The molecule has 9 nitrogen and oxygen atoms in total. The number of nitrogens with zero attached hydrogens (tertiary/aromatic N) is 2. The smallest absolute Gasteiger partial charge is 0.309 e. The van der Waals surface area contributed by atoms with E-state index < -0.39 is 34.4 Å². The third kappa shape index (κ3) is 4.88. The number of carbonyl (C=O) groups is 2. The lowest BCUT2D eigenvalue weighted by atomic mass is 9.98. The molecule has 0 unspecified atom stereocenters. The van der Waals surface area contributed by atoms with E-state index >= 15 is 0 Å². The third-order valence-electron chi connectivity index (χ3n) is 5.04. The summed E-state index contributed by atoms with van der Waals surface area (Å²) in [6.45, 7) is 5.52. The molecule has 0 atom stereocenters. The van der Waals surface area contributed by atoms with Crippen molar-refractivity contribution < 1.29 is 27.3 Å². The quantitative estimate of drug-likeness (QED) is 0.691. The molecule has 1 amide bonds. The van der Waals surface area contributed by atoms with Crippen LogP contribution in [0.3, 0.4) is 0 Å². The number of carbonyl (C=O) groups excluding carboxylic acids is 2. The van der Waals surface area contributed by atoms with Gasteiger partial charge in [-0.3, -0.25) is 9.59 Å². The number of ether oxygens (including phenoxy) is 1. The van der Waals surface area contributed by atoms with Gasteiger partial charge in [-0.25, -0.2) is 8.42 Å². The first-order chi connectivity index (χ1) is 14.2. The molecule has 1 aliphatic rings. The maximum absolute atomic E-state index is 13.1. The van der Waals surface area contributed by atoms with Crippen LogP contribution in [-0.2, 0) is 24.3 Å². The topological polar surface area (TPSA) is 119 Å². The Labute approximate surface area is 175 Å². The normalized spacial score (nSPS) is 15.7. The lowest BCUT2D eigenvalue weighted by Crippen LogP contribution is -2.41. The Balaban J connectivity index is 1.55. The zero-order chi connectivity index (χ0) is 21.9. The maximum atomic E-state index is 13.1. The van der Waals surface area contributed by atoms with Crippen molar-refractivity contribution >= 4 is 27.7 Å². The fraction of sp³-hybridized carbons (Fsp3) is 0.450. The predicted octanol–water partition coefficient (Wildman–Crippen LogP) is 2.18. The number of hydrogen-bond donors (Lipinski definition) is 1. The lowest BCUT2D eigenvalue weighted by Gasteiger charge is -2.31. The highest BCUT2D eigenvalue weighted by Crippen LogP contribution is 2.29. The van der Waals surface area contributed by atoms with E-state index in [0.29, 0.717) is 28.9 Å². The number of sulfonamides is 1. The molecule has 0 aliphatic carbocycles. The molecular formula is C20H25N3O6S. The molecule has 1 aromatic carbocycles. The number of amides is 1. The first-order valence-electron chi connectivity index (χ1n) is 9.63. The Hall–Kier alpha value is -2.72. The summed E-state index contributed by atoms with van der Waals surface area (Å²) in [6.07, 6.45) is 1.99. The molecular weight excluding hydrogens is 410 g/mol. The second-order valence-electron chi connectivity index (χ2n) is 7.45. The molecule has 1 saturated heterocycles. The summed E-state index contributed by atoms with van der Waals surface area (Å²) in [7, 11) is -3.64. The monoisotopic (exact) mass is 435 g/mol. The number of rotatable bonds is 6. The SMILES string of the molecule is Cc1cc(C)c(S(=O)(=O)N2CCC(C(=O)OCC(=O)Nc3ccon3)CC2)c(C)c1. The van der Waals surface area contributed by atoms with Gasteiger partial charge in [0.05, 0.1) is 10.8 Å². The minimum atomic E-state index is -3.64. The van der Waals surface area contributed by atoms with Crippen molar-refractivity contribution in [3.8, 4) is 0 Å². The van der Waals surface area contributed by atoms with Crippen LogP contribution in [-0.4, -0.2) is 49.5 Å². The minimum absolute atomic E-state index is 0.222. The van der Waals surface area contributed by atoms with E-state index in [2.05, 4.69) is 15.0 Å². The standard InChI is InChI=1S/C20H25N3O6S/c1-13-10-14(2)19(15(3)11-13)30(26,27)23-7-4-16(5-8-23)20(25)28-12-18(24)21-17-6-9-29-22-17/h6,9-11,16H,4-5,7-8,12H2,1-3H3,(H,21,22,24). The summed E-state index contributed by atoms with van der Waals surface area (Å²) in [4.78, 5) is 24.4. The molecule has 1 fully saturated rings. The zero-order valence-electron chi connectivity index (χ0n) is 17.2. The molecule has 3 rings (SSSR count). The number of anilines is 1. The summed E-state index contributed by atoms with van der Waals surface area (Å²) < 4.78 is 37.3. The Bertz CT molecular complexity index is 1000. The molecule has 1 aromatic heterocycles. The van der Waals surface area contributed by atoms with Crippen molar-refractivity contribution in [3.05, 3.63) is 41.2 Å². The summed E-state index contributed by atoms with van der Waals surface area (Å²) in [5.41, 5.74) is 2.44. The van der Waals surface area contributed by atoms with Crippen molar-refractivity contribution in [1.82, 2.24) is 9.46 Å². The van der Waals surface area contributed by atoms with Gasteiger partial charge >= 0.3 is 5.97 Å². The fourth-order valence-electron chi connectivity index (χ4n) is 3.75. The van der Waals surface area contributed by atoms with Crippen molar-refractivity contribution in [1.29, 1.82) is 0 Å². The van der Waals surface area contributed by atoms with Crippen LogP contribution in [0.2, 0.25) is 0 Å². The number of hydrogen-bond acceptors (Lipinski definition) is 7. The Morgan fingerprint density at radius 1 is 1.20 bits per heavy atom. The lowest BCUT2D eigenvalue weighted by molar-refractivity contribution is -0.152. The molecule has 0 saturated carbocycles. The van der Waals surface area contributed by atoms with Gasteiger partial charge in [0.15, 0.2) is 12.4 Å². The molecule has 0 spiro atoms. The van der Waals surface area contributed by atoms with Gasteiger partial charge in [0, 0.05) is 19.2 Å². The molecule has 2 heterocycles. The molecule has 1 N–H and O–H groups in total. The third-order valence-corrected chi connectivity index (χ3v) is 7.25. The minimum Gasteiger partial charge on any atom is -0.455 e. The van der Waals surface area contributed by atoms with Crippen molar-refractivity contribution in [2.24, 2.45) is 5.92 Å². The molecule has 10 heteroatoms. The van der Waals surface area contributed by atoms with Crippen LogP contribution < -0.4 is 5.32 Å². The van der Waals surface area contributed by atoms with Gasteiger partial charge in [0.2, 0.25) is 10.0 Å². The van der Waals surface area contributed by atoms with Crippen LogP contribution in [0.15, 0.2) is 33.9 Å². The largest absolute Gasteiger partial charge is 0.455 e. The van der Waals surface area contributed by atoms with Gasteiger partial charge in [-0.2, -0.15) is 4.31 Å². The highest BCUT2D eigenvalue weighted by atomic mass is 32.2. The van der Waals surface area contributed by atoms with Crippen LogP contribution in [0.5, 0.6) is 0 Å². The van der Waals surface area contributed by atoms with Gasteiger partial charge in [-0.15, -0.1) is 0 Å². The molecule has 0 bridgehead atoms. The van der Waals surface area contributed by atoms with Gasteiger partial charge < -0.3 is 14.6 Å². The Kier molecular flexibility index (Phi) is 6.57. The second-order valence-corrected chi connectivity index (χ2v) is 9.32. The first-order valence-corrected chi connectivity index (χ1v) is 11.1. The molecule has 1 aliphatic heterocycles.